The smallest absolute Gasteiger partial charge is 0.312 e. The van der Waals surface area contributed by atoms with Gasteiger partial charge in [0.2, 0.25) is 0 Å². The van der Waals surface area contributed by atoms with Crippen LogP contribution < -0.4 is 0 Å². The van der Waals surface area contributed by atoms with Gasteiger partial charge >= 0.3 is 5.97 Å². The lowest BCUT2D eigenvalue weighted by molar-refractivity contribution is -0.153. The minimum Gasteiger partial charge on any atom is -0.469 e. The fourth-order valence-corrected chi connectivity index (χ4v) is 2.21. The molecule has 1 saturated carbocycles. The first kappa shape index (κ1) is 11.8. The van der Waals surface area contributed by atoms with E-state index in [2.05, 4.69) is 11.7 Å². The third-order valence-corrected chi connectivity index (χ3v) is 2.96. The van der Waals surface area contributed by atoms with Crippen LogP contribution in [0.2, 0.25) is 0 Å². The number of carbonyl (C=O) groups is 1. The number of ether oxygens (including phenoxy) is 1. The Morgan fingerprint density at radius 1 is 1.80 bits per heavy atom. The number of hydrogen-bond acceptors (Lipinski definition) is 4. The summed E-state index contributed by atoms with van der Waals surface area (Å²) >= 11 is 0. The number of hydrogen-bond donors (Lipinski definition) is 1. The van der Waals surface area contributed by atoms with Crippen molar-refractivity contribution in [1.29, 1.82) is 0 Å². The Kier molecular flexibility index (Phi) is 3.88. The second-order valence-corrected chi connectivity index (χ2v) is 3.96. The van der Waals surface area contributed by atoms with Gasteiger partial charge in [-0.1, -0.05) is 11.2 Å². The van der Waals surface area contributed by atoms with Gasteiger partial charge in [0, 0.05) is 6.42 Å². The first-order valence-electron chi connectivity index (χ1n) is 5.07. The number of rotatable bonds is 3. The van der Waals surface area contributed by atoms with E-state index in [4.69, 9.17) is 9.94 Å². The summed E-state index contributed by atoms with van der Waals surface area (Å²) in [5, 5.41) is 12.0. The van der Waals surface area contributed by atoms with E-state index < -0.39 is 5.41 Å². The van der Waals surface area contributed by atoms with E-state index in [-0.39, 0.29) is 5.97 Å². The predicted molar refractivity (Wildman–Crippen MR) is 57.0 cm³/mol. The van der Waals surface area contributed by atoms with Crippen LogP contribution in [0.15, 0.2) is 17.8 Å². The minimum absolute atomic E-state index is 0.233. The molecule has 0 amide bonds. The quantitative estimate of drug-likeness (QED) is 0.336. The Hall–Kier alpha value is -1.32. The molecule has 0 spiro atoms. The lowest BCUT2D eigenvalue weighted by Crippen LogP contribution is -2.37. The normalized spacial score (nSPS) is 28.7. The van der Waals surface area contributed by atoms with Gasteiger partial charge in [-0.3, -0.25) is 4.79 Å². The zero-order valence-corrected chi connectivity index (χ0v) is 9.03. The fourth-order valence-electron chi connectivity index (χ4n) is 2.21. The number of nitrogens with zero attached hydrogens (tertiary/aromatic N) is 1. The Balaban J connectivity index is 2.89. The Morgan fingerprint density at radius 3 is 3.07 bits per heavy atom. The molecule has 0 radical (unpaired) electrons. The zero-order chi connectivity index (χ0) is 11.3. The molecule has 84 valence electrons. The molecule has 1 atom stereocenters. The highest BCUT2D eigenvalue weighted by molar-refractivity contribution is 5.91. The predicted octanol–water partition coefficient (Wildman–Crippen LogP) is 2.13. The molecule has 1 rings (SSSR count). The Morgan fingerprint density at radius 2 is 2.53 bits per heavy atom. The molecule has 4 heteroatoms. The van der Waals surface area contributed by atoms with Crippen LogP contribution in [0.4, 0.5) is 0 Å². The molecule has 4 nitrogen and oxygen atoms in total. The van der Waals surface area contributed by atoms with Crippen LogP contribution in [-0.4, -0.2) is 24.0 Å². The van der Waals surface area contributed by atoms with Crippen molar-refractivity contribution >= 4 is 11.7 Å². The molecule has 0 saturated heterocycles. The van der Waals surface area contributed by atoms with Crippen molar-refractivity contribution in [2.45, 2.75) is 32.1 Å². The van der Waals surface area contributed by atoms with E-state index in [0.29, 0.717) is 18.6 Å². The van der Waals surface area contributed by atoms with Crippen molar-refractivity contribution in [2.75, 3.05) is 7.11 Å². The molecule has 0 bridgehead atoms. The standard InChI is InChI=1S/C11H17NO3/c1-3-6-11(10(13)15-2)7-4-5-9(8-11)12-14/h3,14H,1,4-8H2,2H3/b12-9-. The molecule has 1 fully saturated rings. The molecule has 0 aromatic heterocycles. The highest BCUT2D eigenvalue weighted by Gasteiger charge is 2.41. The number of methoxy groups -OCH3 is 1. The number of esters is 1. The summed E-state index contributed by atoms with van der Waals surface area (Å²) < 4.78 is 4.82. The van der Waals surface area contributed by atoms with Gasteiger partial charge in [0.1, 0.15) is 0 Å². The highest BCUT2D eigenvalue weighted by Crippen LogP contribution is 2.39. The third kappa shape index (κ3) is 2.37. The summed E-state index contributed by atoms with van der Waals surface area (Å²) in [7, 11) is 1.39. The van der Waals surface area contributed by atoms with E-state index in [0.717, 1.165) is 19.3 Å². The Labute approximate surface area is 89.6 Å². The van der Waals surface area contributed by atoms with Crippen molar-refractivity contribution in [2.24, 2.45) is 10.6 Å². The van der Waals surface area contributed by atoms with Crippen LogP contribution in [0.1, 0.15) is 32.1 Å². The monoisotopic (exact) mass is 211 g/mol. The third-order valence-electron chi connectivity index (χ3n) is 2.96. The number of allylic oxidation sites excluding steroid dienone is 1. The molecule has 0 aromatic rings. The molecule has 0 heterocycles. The minimum atomic E-state index is -0.559. The van der Waals surface area contributed by atoms with Crippen molar-refractivity contribution in [3.8, 4) is 0 Å². The second-order valence-electron chi connectivity index (χ2n) is 3.96. The van der Waals surface area contributed by atoms with Gasteiger partial charge in [-0.05, 0) is 25.7 Å². The molecule has 1 aliphatic carbocycles. The molecule has 1 aliphatic rings. The van der Waals surface area contributed by atoms with Crippen LogP contribution in [0.25, 0.3) is 0 Å². The van der Waals surface area contributed by atoms with Crippen molar-refractivity contribution < 1.29 is 14.7 Å². The zero-order valence-electron chi connectivity index (χ0n) is 9.03. The summed E-state index contributed by atoms with van der Waals surface area (Å²) in [6.07, 6.45) is 5.14. The van der Waals surface area contributed by atoms with Gasteiger partial charge in [0.25, 0.3) is 0 Å². The average molecular weight is 211 g/mol. The lowest BCUT2D eigenvalue weighted by atomic mass is 9.71. The first-order chi connectivity index (χ1) is 7.18. The largest absolute Gasteiger partial charge is 0.469 e. The van der Waals surface area contributed by atoms with Gasteiger partial charge in [-0.2, -0.15) is 0 Å². The molecule has 1 unspecified atom stereocenters. The van der Waals surface area contributed by atoms with Gasteiger partial charge in [-0.25, -0.2) is 0 Å². The van der Waals surface area contributed by atoms with E-state index in [1.54, 1.807) is 6.08 Å². The van der Waals surface area contributed by atoms with Gasteiger partial charge < -0.3 is 9.94 Å². The van der Waals surface area contributed by atoms with Crippen LogP contribution in [0.3, 0.4) is 0 Å². The number of carbonyl (C=O) groups excluding carboxylic acids is 1. The van der Waals surface area contributed by atoms with E-state index in [1.165, 1.54) is 7.11 Å². The molecular weight excluding hydrogens is 194 g/mol. The van der Waals surface area contributed by atoms with E-state index in [1.807, 2.05) is 0 Å². The molecule has 0 aromatic carbocycles. The number of oxime groups is 1. The lowest BCUT2D eigenvalue weighted by Gasteiger charge is -2.33. The van der Waals surface area contributed by atoms with Gasteiger partial charge in [-0.15, -0.1) is 6.58 Å². The summed E-state index contributed by atoms with van der Waals surface area (Å²) in [5.74, 6) is -0.233. The summed E-state index contributed by atoms with van der Waals surface area (Å²) in [4.78, 5) is 11.7. The second kappa shape index (κ2) is 4.96. The molecule has 0 aliphatic heterocycles. The summed E-state index contributed by atoms with van der Waals surface area (Å²) in [6.45, 7) is 3.66. The van der Waals surface area contributed by atoms with E-state index in [9.17, 15) is 4.79 Å². The van der Waals surface area contributed by atoms with Crippen LogP contribution in [-0.2, 0) is 9.53 Å². The van der Waals surface area contributed by atoms with Crippen molar-refractivity contribution in [1.82, 2.24) is 0 Å². The Bertz CT molecular complexity index is 286. The maximum absolute atomic E-state index is 11.7. The highest BCUT2D eigenvalue weighted by atomic mass is 16.5. The van der Waals surface area contributed by atoms with Crippen LogP contribution >= 0.6 is 0 Å². The van der Waals surface area contributed by atoms with Crippen molar-refractivity contribution in [3.05, 3.63) is 12.7 Å². The average Bonchev–Trinajstić information content (AvgIpc) is 2.28. The maximum Gasteiger partial charge on any atom is 0.312 e. The topological polar surface area (TPSA) is 58.9 Å². The first-order valence-corrected chi connectivity index (χ1v) is 5.07. The van der Waals surface area contributed by atoms with Gasteiger partial charge in [0.15, 0.2) is 0 Å². The molecule has 15 heavy (non-hydrogen) atoms. The molecular formula is C11H17NO3. The summed E-state index contributed by atoms with van der Waals surface area (Å²) in [5.41, 5.74) is 0.115. The van der Waals surface area contributed by atoms with Gasteiger partial charge in [0.05, 0.1) is 18.2 Å². The fraction of sp³-hybridized carbons (Fsp3) is 0.636. The summed E-state index contributed by atoms with van der Waals surface area (Å²) in [6, 6.07) is 0. The van der Waals surface area contributed by atoms with Crippen molar-refractivity contribution in [3.63, 3.8) is 0 Å². The van der Waals surface area contributed by atoms with E-state index >= 15 is 0 Å². The maximum atomic E-state index is 11.7. The SMILES string of the molecule is C=CCC1(C(=O)OC)CCC/C(=N/O)C1. The molecule has 1 N–H and O–H groups in total. The van der Waals surface area contributed by atoms with Crippen LogP contribution in [0.5, 0.6) is 0 Å². The van der Waals surface area contributed by atoms with Crippen LogP contribution in [0, 0.1) is 5.41 Å².